The fourth-order valence-electron chi connectivity index (χ4n) is 1.52. The second kappa shape index (κ2) is 13.0. The number of nitrogens with zero attached hydrogens (tertiary/aromatic N) is 1. The lowest BCUT2D eigenvalue weighted by molar-refractivity contribution is -0.114. The molecule has 23 heavy (non-hydrogen) atoms. The third kappa shape index (κ3) is 9.74. The SMILES string of the molecule is C/C=C/c1ccc(NC(C)=O)cc1.CC.O=Cc1ccncc1. The van der Waals surface area contributed by atoms with E-state index in [4.69, 9.17) is 0 Å². The molecule has 122 valence electrons. The average molecular weight is 312 g/mol. The Kier molecular flexibility index (Phi) is 11.4. The molecule has 0 aliphatic rings. The van der Waals surface area contributed by atoms with Gasteiger partial charge in [0.15, 0.2) is 0 Å². The van der Waals surface area contributed by atoms with Crippen LogP contribution in [0.1, 0.15) is 43.6 Å². The highest BCUT2D eigenvalue weighted by Crippen LogP contribution is 2.10. The van der Waals surface area contributed by atoms with E-state index >= 15 is 0 Å². The zero-order valence-electron chi connectivity index (χ0n) is 14.1. The molecule has 4 heteroatoms. The highest BCUT2D eigenvalue weighted by atomic mass is 16.1. The molecule has 0 saturated carbocycles. The van der Waals surface area contributed by atoms with Crippen LogP contribution in [0.3, 0.4) is 0 Å². The van der Waals surface area contributed by atoms with Gasteiger partial charge in [0.05, 0.1) is 0 Å². The first-order valence-electron chi connectivity index (χ1n) is 7.51. The van der Waals surface area contributed by atoms with Crippen LogP contribution in [0, 0.1) is 0 Å². The van der Waals surface area contributed by atoms with E-state index in [-0.39, 0.29) is 5.91 Å². The van der Waals surface area contributed by atoms with Gasteiger partial charge >= 0.3 is 0 Å². The van der Waals surface area contributed by atoms with Crippen LogP contribution in [0.4, 0.5) is 5.69 Å². The number of amides is 1. The number of rotatable bonds is 3. The van der Waals surface area contributed by atoms with Crippen LogP contribution in [-0.4, -0.2) is 17.2 Å². The summed E-state index contributed by atoms with van der Waals surface area (Å²) < 4.78 is 0. The van der Waals surface area contributed by atoms with Crippen LogP contribution >= 0.6 is 0 Å². The van der Waals surface area contributed by atoms with Crippen molar-refractivity contribution in [2.45, 2.75) is 27.7 Å². The monoisotopic (exact) mass is 312 g/mol. The molecule has 1 heterocycles. The largest absolute Gasteiger partial charge is 0.326 e. The summed E-state index contributed by atoms with van der Waals surface area (Å²) in [4.78, 5) is 24.4. The van der Waals surface area contributed by atoms with Crippen molar-refractivity contribution in [3.8, 4) is 0 Å². The van der Waals surface area contributed by atoms with E-state index in [9.17, 15) is 9.59 Å². The van der Waals surface area contributed by atoms with Crippen molar-refractivity contribution in [1.29, 1.82) is 0 Å². The van der Waals surface area contributed by atoms with Crippen molar-refractivity contribution in [2.75, 3.05) is 5.32 Å². The van der Waals surface area contributed by atoms with Gasteiger partial charge < -0.3 is 5.32 Å². The van der Waals surface area contributed by atoms with Gasteiger partial charge in [-0.05, 0) is 36.8 Å². The van der Waals surface area contributed by atoms with Gasteiger partial charge in [-0.15, -0.1) is 0 Å². The van der Waals surface area contributed by atoms with Crippen molar-refractivity contribution in [3.05, 3.63) is 66.0 Å². The first kappa shape index (κ1) is 20.2. The van der Waals surface area contributed by atoms with Crippen molar-refractivity contribution >= 4 is 24.0 Å². The number of benzene rings is 1. The maximum absolute atomic E-state index is 10.7. The Labute approximate surface area is 138 Å². The summed E-state index contributed by atoms with van der Waals surface area (Å²) in [6.45, 7) is 7.47. The zero-order chi connectivity index (χ0) is 17.5. The first-order chi connectivity index (χ1) is 11.2. The predicted molar refractivity (Wildman–Crippen MR) is 96.4 cm³/mol. The van der Waals surface area contributed by atoms with Gasteiger partial charge in [0.1, 0.15) is 6.29 Å². The van der Waals surface area contributed by atoms with Gasteiger partial charge in [0.2, 0.25) is 5.91 Å². The quantitative estimate of drug-likeness (QED) is 0.843. The molecule has 0 fully saturated rings. The van der Waals surface area contributed by atoms with Crippen LogP contribution in [0.15, 0.2) is 54.9 Å². The number of carbonyl (C=O) groups excluding carboxylic acids is 2. The van der Waals surface area contributed by atoms with Gasteiger partial charge in [0, 0.05) is 30.6 Å². The third-order valence-corrected chi connectivity index (χ3v) is 2.43. The summed E-state index contributed by atoms with van der Waals surface area (Å²) >= 11 is 0. The van der Waals surface area contributed by atoms with E-state index in [2.05, 4.69) is 10.3 Å². The minimum absolute atomic E-state index is 0.0428. The van der Waals surface area contributed by atoms with Crippen LogP contribution in [0.2, 0.25) is 0 Å². The standard InChI is InChI=1S/C11H13NO.C6H5NO.C2H6/c1-3-4-10-5-7-11(8-6-10)12-9(2)13;8-5-6-1-3-7-4-2-6;1-2/h3-8H,1-2H3,(H,12,13);1-5H;1-2H3/b4-3+;;. The highest BCUT2D eigenvalue weighted by Gasteiger charge is 1.93. The van der Waals surface area contributed by atoms with E-state index in [0.29, 0.717) is 5.56 Å². The number of nitrogens with one attached hydrogen (secondary N) is 1. The van der Waals surface area contributed by atoms with E-state index < -0.39 is 0 Å². The van der Waals surface area contributed by atoms with Gasteiger partial charge in [-0.3, -0.25) is 14.6 Å². The summed E-state index contributed by atoms with van der Waals surface area (Å²) in [6, 6.07) is 11.0. The molecule has 0 atom stereocenters. The smallest absolute Gasteiger partial charge is 0.221 e. The number of carbonyl (C=O) groups is 2. The second-order valence-corrected chi connectivity index (χ2v) is 4.20. The Balaban J connectivity index is 0.000000414. The summed E-state index contributed by atoms with van der Waals surface area (Å²) in [5.74, 6) is -0.0428. The molecule has 0 aliphatic carbocycles. The Morgan fingerprint density at radius 2 is 1.57 bits per heavy atom. The first-order valence-corrected chi connectivity index (χ1v) is 7.51. The molecule has 0 unspecified atom stereocenters. The number of aromatic nitrogens is 1. The van der Waals surface area contributed by atoms with E-state index in [1.54, 1.807) is 24.5 Å². The summed E-state index contributed by atoms with van der Waals surface area (Å²) in [5.41, 5.74) is 2.64. The fraction of sp³-hybridized carbons (Fsp3) is 0.211. The number of allylic oxidation sites excluding steroid dienone is 1. The lowest BCUT2D eigenvalue weighted by Crippen LogP contribution is -2.05. The maximum atomic E-state index is 10.7. The minimum atomic E-state index is -0.0428. The highest BCUT2D eigenvalue weighted by molar-refractivity contribution is 5.88. The van der Waals surface area contributed by atoms with Crippen LogP contribution in [-0.2, 0) is 4.79 Å². The molecular weight excluding hydrogens is 288 g/mol. The predicted octanol–water partition coefficient (Wildman–Crippen LogP) is 4.60. The summed E-state index contributed by atoms with van der Waals surface area (Å²) in [6.07, 6.45) is 7.96. The lowest BCUT2D eigenvalue weighted by Gasteiger charge is -2.01. The number of hydrogen-bond acceptors (Lipinski definition) is 3. The molecule has 2 aromatic rings. The molecule has 0 bridgehead atoms. The second-order valence-electron chi connectivity index (χ2n) is 4.20. The number of pyridine rings is 1. The van der Waals surface area contributed by atoms with Crippen LogP contribution in [0.25, 0.3) is 6.08 Å². The topological polar surface area (TPSA) is 59.1 Å². The van der Waals surface area contributed by atoms with Gasteiger partial charge in [-0.25, -0.2) is 0 Å². The Bertz CT molecular complexity index is 591. The van der Waals surface area contributed by atoms with E-state index in [0.717, 1.165) is 17.5 Å². The number of hydrogen-bond donors (Lipinski definition) is 1. The normalized spacial score (nSPS) is 9.04. The number of anilines is 1. The molecule has 1 N–H and O–H groups in total. The summed E-state index contributed by atoms with van der Waals surface area (Å²) in [7, 11) is 0. The minimum Gasteiger partial charge on any atom is -0.326 e. The van der Waals surface area contributed by atoms with Gasteiger partial charge in [-0.1, -0.05) is 38.1 Å². The number of aldehydes is 1. The van der Waals surface area contributed by atoms with Crippen LogP contribution < -0.4 is 5.32 Å². The molecular formula is C19H24N2O2. The Hall–Kier alpha value is -2.75. The van der Waals surface area contributed by atoms with Gasteiger partial charge in [0.25, 0.3) is 0 Å². The molecule has 4 nitrogen and oxygen atoms in total. The Morgan fingerprint density at radius 3 is 1.96 bits per heavy atom. The zero-order valence-corrected chi connectivity index (χ0v) is 14.1. The Morgan fingerprint density at radius 1 is 1.00 bits per heavy atom. The van der Waals surface area contributed by atoms with Crippen molar-refractivity contribution < 1.29 is 9.59 Å². The molecule has 1 amide bonds. The summed E-state index contributed by atoms with van der Waals surface area (Å²) in [5, 5.41) is 2.71. The third-order valence-electron chi connectivity index (χ3n) is 2.43. The van der Waals surface area contributed by atoms with E-state index in [1.807, 2.05) is 57.2 Å². The average Bonchev–Trinajstić information content (AvgIpc) is 2.59. The lowest BCUT2D eigenvalue weighted by atomic mass is 10.2. The van der Waals surface area contributed by atoms with Crippen molar-refractivity contribution in [1.82, 2.24) is 4.98 Å². The molecule has 0 saturated heterocycles. The molecule has 0 spiro atoms. The van der Waals surface area contributed by atoms with Gasteiger partial charge in [-0.2, -0.15) is 0 Å². The molecule has 0 aliphatic heterocycles. The van der Waals surface area contributed by atoms with E-state index in [1.165, 1.54) is 6.92 Å². The molecule has 1 aromatic heterocycles. The van der Waals surface area contributed by atoms with Crippen molar-refractivity contribution in [2.24, 2.45) is 0 Å². The molecule has 2 rings (SSSR count). The molecule has 0 radical (unpaired) electrons. The van der Waals surface area contributed by atoms with Crippen molar-refractivity contribution in [3.63, 3.8) is 0 Å². The fourth-order valence-corrected chi connectivity index (χ4v) is 1.52. The maximum Gasteiger partial charge on any atom is 0.221 e. The molecule has 1 aromatic carbocycles. The van der Waals surface area contributed by atoms with Crippen LogP contribution in [0.5, 0.6) is 0 Å².